The van der Waals surface area contributed by atoms with Gasteiger partial charge in [-0.25, -0.2) is 9.59 Å². The summed E-state index contributed by atoms with van der Waals surface area (Å²) in [5.41, 5.74) is 0. The van der Waals surface area contributed by atoms with Crippen LogP contribution in [0.15, 0.2) is 0 Å². The van der Waals surface area contributed by atoms with Gasteiger partial charge in [-0.15, -0.1) is 0 Å². The molecule has 0 saturated heterocycles. The van der Waals surface area contributed by atoms with Crippen LogP contribution in [-0.4, -0.2) is 41.4 Å². The highest BCUT2D eigenvalue weighted by Crippen LogP contribution is 2.08. The fraction of sp³-hybridized carbons (Fsp3) is 0.857. The lowest BCUT2D eigenvalue weighted by Crippen LogP contribution is -2.38. The number of unbranched alkanes of at least 4 members (excludes halogenated alkanes) is 3. The fourth-order valence-electron chi connectivity index (χ4n) is 1.74. The Morgan fingerprint density at radius 1 is 0.950 bits per heavy atom. The largest absolute Gasteiger partial charge is 0.479 e. The van der Waals surface area contributed by atoms with Gasteiger partial charge in [0.15, 0.2) is 6.10 Å². The molecule has 6 heteroatoms. The molecule has 0 saturated carbocycles. The van der Waals surface area contributed by atoms with E-state index in [2.05, 4.69) is 24.5 Å². The zero-order valence-corrected chi connectivity index (χ0v) is 12.5. The molecule has 0 heterocycles. The monoisotopic (exact) mass is 288 g/mol. The minimum absolute atomic E-state index is 0.0119. The number of carboxylic acids is 1. The number of carbonyl (C=O) groups is 2. The first kappa shape index (κ1) is 18.7. The number of urea groups is 1. The summed E-state index contributed by atoms with van der Waals surface area (Å²) in [4.78, 5) is 21.7. The molecule has 0 aliphatic heterocycles. The highest BCUT2D eigenvalue weighted by molar-refractivity contribution is 5.74. The highest BCUT2D eigenvalue weighted by atomic mass is 16.4. The van der Waals surface area contributed by atoms with Crippen LogP contribution >= 0.6 is 0 Å². The van der Waals surface area contributed by atoms with Gasteiger partial charge in [0.25, 0.3) is 0 Å². The lowest BCUT2D eigenvalue weighted by atomic mass is 10.0. The van der Waals surface area contributed by atoms with Crippen LogP contribution in [0.3, 0.4) is 0 Å². The number of amides is 2. The molecular formula is C14H28N2O4. The maximum absolute atomic E-state index is 11.3. The van der Waals surface area contributed by atoms with Crippen molar-refractivity contribution in [3.05, 3.63) is 0 Å². The molecule has 1 unspecified atom stereocenters. The first-order chi connectivity index (χ1) is 9.43. The average Bonchev–Trinajstić information content (AvgIpc) is 2.36. The van der Waals surface area contributed by atoms with Crippen molar-refractivity contribution in [2.24, 2.45) is 5.92 Å². The van der Waals surface area contributed by atoms with Crippen LogP contribution in [-0.2, 0) is 4.79 Å². The molecule has 0 rings (SSSR count). The number of hydrogen-bond acceptors (Lipinski definition) is 3. The molecule has 0 fully saturated rings. The predicted molar refractivity (Wildman–Crippen MR) is 77.6 cm³/mol. The van der Waals surface area contributed by atoms with E-state index in [4.69, 9.17) is 10.2 Å². The molecule has 6 nitrogen and oxygen atoms in total. The molecule has 0 bridgehead atoms. The van der Waals surface area contributed by atoms with Crippen molar-refractivity contribution in [1.29, 1.82) is 0 Å². The van der Waals surface area contributed by atoms with E-state index < -0.39 is 12.1 Å². The number of nitrogens with one attached hydrogen (secondary N) is 2. The summed E-state index contributed by atoms with van der Waals surface area (Å²) < 4.78 is 0. The van der Waals surface area contributed by atoms with Crippen LogP contribution in [0.25, 0.3) is 0 Å². The molecule has 0 spiro atoms. The fourth-order valence-corrected chi connectivity index (χ4v) is 1.74. The maximum atomic E-state index is 11.3. The van der Waals surface area contributed by atoms with Crippen molar-refractivity contribution in [3.63, 3.8) is 0 Å². The van der Waals surface area contributed by atoms with Gasteiger partial charge in [0.1, 0.15) is 0 Å². The Morgan fingerprint density at radius 3 is 2.15 bits per heavy atom. The SMILES string of the molecule is CC(C)CCCCCCNC(=O)NCCC(O)C(=O)O. The van der Waals surface area contributed by atoms with Crippen LogP contribution in [0.5, 0.6) is 0 Å². The third-order valence-electron chi connectivity index (χ3n) is 2.98. The Bertz CT molecular complexity index is 282. The average molecular weight is 288 g/mol. The molecule has 0 aliphatic carbocycles. The first-order valence-electron chi connectivity index (χ1n) is 7.36. The number of aliphatic carboxylic acids is 1. The maximum Gasteiger partial charge on any atom is 0.332 e. The lowest BCUT2D eigenvalue weighted by molar-refractivity contribution is -0.146. The molecule has 20 heavy (non-hydrogen) atoms. The molecule has 0 aliphatic rings. The van der Waals surface area contributed by atoms with Gasteiger partial charge in [0, 0.05) is 19.5 Å². The zero-order chi connectivity index (χ0) is 15.4. The number of rotatable bonds is 11. The number of carboxylic acid groups (broad SMARTS) is 1. The van der Waals surface area contributed by atoms with Gasteiger partial charge < -0.3 is 20.8 Å². The first-order valence-corrected chi connectivity index (χ1v) is 7.36. The van der Waals surface area contributed by atoms with Crippen LogP contribution < -0.4 is 10.6 Å². The van der Waals surface area contributed by atoms with Gasteiger partial charge in [0.2, 0.25) is 0 Å². The Labute approximate surface area is 120 Å². The van der Waals surface area contributed by atoms with Crippen molar-refractivity contribution in [1.82, 2.24) is 10.6 Å². The third kappa shape index (κ3) is 11.8. The Balaban J connectivity index is 3.35. The second kappa shape index (κ2) is 11.5. The number of aliphatic hydroxyl groups excluding tert-OH is 1. The summed E-state index contributed by atoms with van der Waals surface area (Å²) in [5, 5.41) is 22.7. The molecule has 4 N–H and O–H groups in total. The zero-order valence-electron chi connectivity index (χ0n) is 12.5. The molecule has 0 aromatic carbocycles. The highest BCUT2D eigenvalue weighted by Gasteiger charge is 2.12. The van der Waals surface area contributed by atoms with Crippen molar-refractivity contribution in [2.75, 3.05) is 13.1 Å². The normalized spacial score (nSPS) is 12.2. The number of hydrogen-bond donors (Lipinski definition) is 4. The Kier molecular flexibility index (Phi) is 10.8. The lowest BCUT2D eigenvalue weighted by Gasteiger charge is -2.09. The van der Waals surface area contributed by atoms with Crippen molar-refractivity contribution in [2.45, 2.75) is 58.5 Å². The molecule has 2 amide bonds. The van der Waals surface area contributed by atoms with Crippen molar-refractivity contribution < 1.29 is 19.8 Å². The molecule has 0 aromatic rings. The van der Waals surface area contributed by atoms with E-state index in [9.17, 15) is 9.59 Å². The van der Waals surface area contributed by atoms with Gasteiger partial charge in [0.05, 0.1) is 0 Å². The van der Waals surface area contributed by atoms with E-state index in [0.717, 1.165) is 18.8 Å². The molecular weight excluding hydrogens is 260 g/mol. The van der Waals surface area contributed by atoms with Crippen LogP contribution in [0.2, 0.25) is 0 Å². The van der Waals surface area contributed by atoms with E-state index in [1.54, 1.807) is 0 Å². The second-order valence-electron chi connectivity index (χ2n) is 5.42. The van der Waals surface area contributed by atoms with E-state index in [0.29, 0.717) is 6.54 Å². The van der Waals surface area contributed by atoms with Gasteiger partial charge in [-0.2, -0.15) is 0 Å². The minimum atomic E-state index is -1.42. The molecule has 1 atom stereocenters. The van der Waals surface area contributed by atoms with Crippen molar-refractivity contribution in [3.8, 4) is 0 Å². The summed E-state index contributed by atoms with van der Waals surface area (Å²) in [6.07, 6.45) is 4.31. The van der Waals surface area contributed by atoms with Gasteiger partial charge in [-0.05, 0) is 12.3 Å². The van der Waals surface area contributed by atoms with Crippen molar-refractivity contribution >= 4 is 12.0 Å². The number of aliphatic hydroxyl groups is 1. The Hall–Kier alpha value is -1.30. The summed E-state index contributed by atoms with van der Waals surface area (Å²) in [7, 11) is 0. The predicted octanol–water partition coefficient (Wildman–Crippen LogP) is 1.73. The van der Waals surface area contributed by atoms with E-state index >= 15 is 0 Å². The van der Waals surface area contributed by atoms with Crippen LogP contribution in [0.1, 0.15) is 52.4 Å². The van der Waals surface area contributed by atoms with Crippen LogP contribution in [0, 0.1) is 5.92 Å². The summed E-state index contributed by atoms with van der Waals surface area (Å²) in [6, 6.07) is -0.315. The van der Waals surface area contributed by atoms with Gasteiger partial charge in [-0.3, -0.25) is 0 Å². The molecule has 118 valence electrons. The van der Waals surface area contributed by atoms with Gasteiger partial charge in [-0.1, -0.05) is 39.5 Å². The summed E-state index contributed by atoms with van der Waals surface area (Å²) >= 11 is 0. The minimum Gasteiger partial charge on any atom is -0.479 e. The second-order valence-corrected chi connectivity index (χ2v) is 5.42. The standard InChI is InChI=1S/C14H28N2O4/c1-11(2)7-5-3-4-6-9-15-14(20)16-10-8-12(17)13(18)19/h11-12,17H,3-10H2,1-2H3,(H,18,19)(H2,15,16,20). The van der Waals surface area contributed by atoms with E-state index in [1.807, 2.05) is 0 Å². The van der Waals surface area contributed by atoms with Gasteiger partial charge >= 0.3 is 12.0 Å². The van der Waals surface area contributed by atoms with Crippen LogP contribution in [0.4, 0.5) is 4.79 Å². The summed E-state index contributed by atoms with van der Waals surface area (Å²) in [5.74, 6) is -0.520. The Morgan fingerprint density at radius 2 is 1.55 bits per heavy atom. The quantitative estimate of drug-likeness (QED) is 0.435. The van der Waals surface area contributed by atoms with E-state index in [1.165, 1.54) is 19.3 Å². The smallest absolute Gasteiger partial charge is 0.332 e. The number of carbonyl (C=O) groups excluding carboxylic acids is 1. The topological polar surface area (TPSA) is 98.7 Å². The molecule has 0 aromatic heterocycles. The van der Waals surface area contributed by atoms with E-state index in [-0.39, 0.29) is 19.0 Å². The molecule has 0 radical (unpaired) electrons. The summed E-state index contributed by atoms with van der Waals surface area (Å²) in [6.45, 7) is 5.20. The third-order valence-corrected chi connectivity index (χ3v) is 2.98.